The summed E-state index contributed by atoms with van der Waals surface area (Å²) in [5, 5.41) is 0. The van der Waals surface area contributed by atoms with Crippen LogP contribution in [0.25, 0.3) is 11.1 Å². The summed E-state index contributed by atoms with van der Waals surface area (Å²) in [4.78, 5) is 10.9. The van der Waals surface area contributed by atoms with E-state index < -0.39 is 17.6 Å². The summed E-state index contributed by atoms with van der Waals surface area (Å²) in [5.41, 5.74) is -1.01. The van der Waals surface area contributed by atoms with Gasteiger partial charge in [0.15, 0.2) is 6.29 Å². The molecule has 2 aromatic rings. The van der Waals surface area contributed by atoms with Crippen molar-refractivity contribution in [1.82, 2.24) is 0 Å². The molecule has 19 heavy (non-hydrogen) atoms. The molecule has 5 heteroatoms. The van der Waals surface area contributed by atoms with Crippen LogP contribution in [0.1, 0.15) is 15.9 Å². The minimum absolute atomic E-state index is 0.0121. The lowest BCUT2D eigenvalue weighted by atomic mass is 9.97. The molecular weight excluding hydrogens is 260 g/mol. The largest absolute Gasteiger partial charge is 0.416 e. The van der Waals surface area contributed by atoms with Gasteiger partial charge in [-0.15, -0.1) is 0 Å². The molecule has 0 aromatic heterocycles. The Labute approximate surface area is 106 Å². The average Bonchev–Trinajstić information content (AvgIpc) is 2.37. The Bertz CT molecular complexity index is 617. The van der Waals surface area contributed by atoms with Gasteiger partial charge in [-0.3, -0.25) is 4.79 Å². The number of carbonyl (C=O) groups is 1. The second-order valence-electron chi connectivity index (χ2n) is 3.90. The van der Waals surface area contributed by atoms with Gasteiger partial charge in [-0.2, -0.15) is 13.2 Å². The fourth-order valence-corrected chi connectivity index (χ4v) is 1.75. The molecule has 0 aliphatic carbocycles. The van der Waals surface area contributed by atoms with Gasteiger partial charge in [-0.05, 0) is 23.8 Å². The number of hydrogen-bond acceptors (Lipinski definition) is 1. The molecule has 98 valence electrons. The molecule has 0 unspecified atom stereocenters. The first-order valence-electron chi connectivity index (χ1n) is 5.35. The van der Waals surface area contributed by atoms with Crippen LogP contribution in [0.2, 0.25) is 0 Å². The Morgan fingerprint density at radius 2 is 1.63 bits per heavy atom. The summed E-state index contributed by atoms with van der Waals surface area (Å²) >= 11 is 0. The molecule has 2 rings (SSSR count). The molecule has 0 saturated carbocycles. The molecule has 0 saturated heterocycles. The third-order valence-electron chi connectivity index (χ3n) is 2.67. The first kappa shape index (κ1) is 13.3. The minimum atomic E-state index is -4.54. The van der Waals surface area contributed by atoms with E-state index >= 15 is 0 Å². The van der Waals surface area contributed by atoms with Crippen LogP contribution in [0.15, 0.2) is 42.5 Å². The molecule has 0 aliphatic heterocycles. The summed E-state index contributed by atoms with van der Waals surface area (Å²) in [6, 6.07) is 8.00. The molecule has 0 aliphatic rings. The normalized spacial score (nSPS) is 11.4. The molecule has 1 nitrogen and oxygen atoms in total. The van der Waals surface area contributed by atoms with Crippen molar-refractivity contribution < 1.29 is 22.4 Å². The zero-order chi connectivity index (χ0) is 14.0. The molecule has 0 atom stereocenters. The molecular formula is C14H8F4O. The van der Waals surface area contributed by atoms with Gasteiger partial charge in [-0.1, -0.05) is 24.3 Å². The molecule has 0 amide bonds. The highest BCUT2D eigenvalue weighted by atomic mass is 19.4. The second kappa shape index (κ2) is 4.84. The number of benzene rings is 2. The molecule has 0 spiro atoms. The summed E-state index contributed by atoms with van der Waals surface area (Å²) in [7, 11) is 0. The van der Waals surface area contributed by atoms with Gasteiger partial charge < -0.3 is 0 Å². The maximum absolute atomic E-state index is 13.6. The zero-order valence-electron chi connectivity index (χ0n) is 9.54. The maximum atomic E-state index is 13.6. The van der Waals surface area contributed by atoms with E-state index in [2.05, 4.69) is 0 Å². The van der Waals surface area contributed by atoms with Crippen molar-refractivity contribution in [3.8, 4) is 11.1 Å². The summed E-state index contributed by atoms with van der Waals surface area (Å²) in [6.07, 6.45) is -4.14. The van der Waals surface area contributed by atoms with E-state index in [1.54, 1.807) is 0 Å². The van der Waals surface area contributed by atoms with Gasteiger partial charge in [0, 0.05) is 11.1 Å². The number of carbonyl (C=O) groups excluding carboxylic acids is 1. The summed E-state index contributed by atoms with van der Waals surface area (Å²) < 4.78 is 51.5. The first-order chi connectivity index (χ1) is 8.93. The van der Waals surface area contributed by atoms with Gasteiger partial charge in [0.05, 0.1) is 5.56 Å². The molecule has 0 radical (unpaired) electrons. The van der Waals surface area contributed by atoms with Gasteiger partial charge >= 0.3 is 6.18 Å². The Morgan fingerprint density at radius 3 is 2.21 bits per heavy atom. The highest BCUT2D eigenvalue weighted by Gasteiger charge is 2.31. The van der Waals surface area contributed by atoms with E-state index in [1.807, 2.05) is 0 Å². The fraction of sp³-hybridized carbons (Fsp3) is 0.0714. The molecule has 0 heterocycles. The lowest BCUT2D eigenvalue weighted by molar-refractivity contribution is -0.137. The first-order valence-corrected chi connectivity index (χ1v) is 5.35. The minimum Gasteiger partial charge on any atom is -0.298 e. The van der Waals surface area contributed by atoms with Crippen LogP contribution in [0.5, 0.6) is 0 Å². The number of halogens is 4. The van der Waals surface area contributed by atoms with E-state index in [9.17, 15) is 22.4 Å². The average molecular weight is 268 g/mol. The van der Waals surface area contributed by atoms with E-state index in [1.165, 1.54) is 18.2 Å². The quantitative estimate of drug-likeness (QED) is 0.585. The van der Waals surface area contributed by atoms with Crippen molar-refractivity contribution in [2.24, 2.45) is 0 Å². The van der Waals surface area contributed by atoms with Crippen molar-refractivity contribution in [2.45, 2.75) is 6.18 Å². The topological polar surface area (TPSA) is 17.1 Å². The van der Waals surface area contributed by atoms with Crippen LogP contribution >= 0.6 is 0 Å². The van der Waals surface area contributed by atoms with Crippen LogP contribution in [-0.4, -0.2) is 6.29 Å². The molecule has 0 bridgehead atoms. The van der Waals surface area contributed by atoms with Crippen LogP contribution < -0.4 is 0 Å². The van der Waals surface area contributed by atoms with E-state index in [-0.39, 0.29) is 16.7 Å². The summed E-state index contributed by atoms with van der Waals surface area (Å²) in [6.45, 7) is 0. The number of rotatable bonds is 2. The standard InChI is InChI=1S/C14H8F4O/c15-13-4-2-1-3-11(13)12-7-10(14(16,17)18)6-5-9(12)8-19/h1-8H. The van der Waals surface area contributed by atoms with E-state index in [4.69, 9.17) is 0 Å². The Hall–Kier alpha value is -2.17. The third kappa shape index (κ3) is 2.65. The van der Waals surface area contributed by atoms with Gasteiger partial charge in [-0.25, -0.2) is 4.39 Å². The second-order valence-corrected chi connectivity index (χ2v) is 3.90. The molecule has 0 N–H and O–H groups in total. The van der Waals surface area contributed by atoms with E-state index in [0.29, 0.717) is 6.29 Å². The fourth-order valence-electron chi connectivity index (χ4n) is 1.75. The predicted octanol–water partition coefficient (Wildman–Crippen LogP) is 4.32. The van der Waals surface area contributed by atoms with E-state index in [0.717, 1.165) is 24.3 Å². The van der Waals surface area contributed by atoms with Crippen LogP contribution in [0.4, 0.5) is 17.6 Å². The van der Waals surface area contributed by atoms with Crippen molar-refractivity contribution in [3.63, 3.8) is 0 Å². The van der Waals surface area contributed by atoms with Crippen LogP contribution in [0, 0.1) is 5.82 Å². The van der Waals surface area contributed by atoms with Crippen molar-refractivity contribution >= 4 is 6.29 Å². The number of hydrogen-bond donors (Lipinski definition) is 0. The number of alkyl halides is 3. The Balaban J connectivity index is 2.67. The summed E-state index contributed by atoms with van der Waals surface area (Å²) in [5.74, 6) is -0.676. The maximum Gasteiger partial charge on any atom is 0.416 e. The zero-order valence-corrected chi connectivity index (χ0v) is 9.54. The lowest BCUT2D eigenvalue weighted by Gasteiger charge is -2.11. The predicted molar refractivity (Wildman–Crippen MR) is 62.2 cm³/mol. The highest BCUT2D eigenvalue weighted by molar-refractivity contribution is 5.88. The third-order valence-corrected chi connectivity index (χ3v) is 2.67. The van der Waals surface area contributed by atoms with Crippen LogP contribution in [-0.2, 0) is 6.18 Å². The Kier molecular flexibility index (Phi) is 3.38. The van der Waals surface area contributed by atoms with Crippen molar-refractivity contribution in [2.75, 3.05) is 0 Å². The van der Waals surface area contributed by atoms with Gasteiger partial charge in [0.25, 0.3) is 0 Å². The van der Waals surface area contributed by atoms with Gasteiger partial charge in [0.2, 0.25) is 0 Å². The molecule has 0 fully saturated rings. The monoisotopic (exact) mass is 268 g/mol. The number of aldehydes is 1. The lowest BCUT2D eigenvalue weighted by Crippen LogP contribution is -2.06. The smallest absolute Gasteiger partial charge is 0.298 e. The van der Waals surface area contributed by atoms with Gasteiger partial charge in [0.1, 0.15) is 5.82 Å². The van der Waals surface area contributed by atoms with Crippen molar-refractivity contribution in [1.29, 1.82) is 0 Å². The molecule has 2 aromatic carbocycles. The van der Waals surface area contributed by atoms with Crippen LogP contribution in [0.3, 0.4) is 0 Å². The SMILES string of the molecule is O=Cc1ccc(C(F)(F)F)cc1-c1ccccc1F. The highest BCUT2D eigenvalue weighted by Crippen LogP contribution is 2.34. The van der Waals surface area contributed by atoms with Crippen molar-refractivity contribution in [3.05, 3.63) is 59.4 Å². The Morgan fingerprint density at radius 1 is 0.947 bits per heavy atom.